The quantitative estimate of drug-likeness (QED) is 0.330. The van der Waals surface area contributed by atoms with Gasteiger partial charge in [-0.15, -0.1) is 0 Å². The number of hydrogen-bond acceptors (Lipinski definition) is 5. The second-order valence-electron chi connectivity index (χ2n) is 1.64. The number of hydrogen-bond donors (Lipinski definition) is 4. The number of guanidine groups is 1. The molecule has 0 saturated carbocycles. The molecule has 0 fully saturated rings. The zero-order valence-corrected chi connectivity index (χ0v) is 6.37. The molecule has 0 unspecified atom stereocenters. The molecule has 0 bridgehead atoms. The zero-order chi connectivity index (χ0) is 8.91. The van der Waals surface area contributed by atoms with Crippen LogP contribution in [-0.4, -0.2) is 36.6 Å². The number of rotatable bonds is 0. The van der Waals surface area contributed by atoms with Crippen LogP contribution < -0.4 is 11.1 Å². The highest BCUT2D eigenvalue weighted by Gasteiger charge is 1.94. The molecule has 1 heterocycles. The summed E-state index contributed by atoms with van der Waals surface area (Å²) in [5.74, 6) is 0.579. The minimum absolute atomic E-state index is 0.579. The van der Waals surface area contributed by atoms with E-state index in [1.54, 1.807) is 0 Å². The van der Waals surface area contributed by atoms with Crippen molar-refractivity contribution in [3.8, 4) is 0 Å². The van der Waals surface area contributed by atoms with E-state index in [-0.39, 0.29) is 0 Å². The van der Waals surface area contributed by atoms with Crippen molar-refractivity contribution in [1.82, 2.24) is 5.32 Å². The Bertz CT molecular complexity index is 225. The van der Waals surface area contributed by atoms with Crippen LogP contribution in [0.15, 0.2) is 4.99 Å². The van der Waals surface area contributed by atoms with Crippen molar-refractivity contribution in [3.05, 3.63) is 0 Å². The maximum atomic E-state index is 8.74. The Morgan fingerprint density at radius 3 is 2.09 bits per heavy atom. The van der Waals surface area contributed by atoms with Gasteiger partial charge in [-0.05, 0) is 0 Å². The third kappa shape index (κ3) is 12.4. The van der Waals surface area contributed by atoms with Gasteiger partial charge in [0.05, 0.1) is 6.54 Å². The van der Waals surface area contributed by atoms with Gasteiger partial charge in [0.1, 0.15) is 0 Å². The number of nitrogens with one attached hydrogen (secondary N) is 1. The highest BCUT2D eigenvalue weighted by atomic mass is 32.3. The first-order chi connectivity index (χ1) is 4.89. The van der Waals surface area contributed by atoms with E-state index < -0.39 is 10.4 Å². The molecule has 1 aliphatic heterocycles. The summed E-state index contributed by atoms with van der Waals surface area (Å²) in [5.41, 5.74) is 5.17. The van der Waals surface area contributed by atoms with Crippen LogP contribution in [0.3, 0.4) is 0 Å². The molecule has 1 rings (SSSR count). The van der Waals surface area contributed by atoms with E-state index in [1.165, 1.54) is 0 Å². The van der Waals surface area contributed by atoms with E-state index >= 15 is 0 Å². The molecule has 0 spiro atoms. The standard InChI is InChI=1S/C3H7N3.H2O4S/c4-3-5-1-2-6-3;1-5(2,3)4/h1-2H2,(H3,4,5,6);(H2,1,2,3,4). The summed E-state index contributed by atoms with van der Waals surface area (Å²) in [7, 11) is -4.67. The lowest BCUT2D eigenvalue weighted by atomic mass is 10.7. The minimum atomic E-state index is -4.67. The summed E-state index contributed by atoms with van der Waals surface area (Å²) in [6.45, 7) is 1.75. The Balaban J connectivity index is 0.000000187. The van der Waals surface area contributed by atoms with Crippen molar-refractivity contribution >= 4 is 16.4 Å². The number of nitrogens with zero attached hydrogens (tertiary/aromatic N) is 1. The van der Waals surface area contributed by atoms with E-state index in [9.17, 15) is 0 Å². The van der Waals surface area contributed by atoms with Crippen molar-refractivity contribution in [2.24, 2.45) is 10.7 Å². The molecule has 8 heteroatoms. The van der Waals surface area contributed by atoms with Gasteiger partial charge in [-0.3, -0.25) is 14.1 Å². The summed E-state index contributed by atoms with van der Waals surface area (Å²) in [6.07, 6.45) is 0. The van der Waals surface area contributed by atoms with E-state index in [0.29, 0.717) is 5.96 Å². The monoisotopic (exact) mass is 183 g/mol. The van der Waals surface area contributed by atoms with Gasteiger partial charge in [0.15, 0.2) is 5.96 Å². The van der Waals surface area contributed by atoms with Crippen molar-refractivity contribution < 1.29 is 17.5 Å². The lowest BCUT2D eigenvalue weighted by Crippen LogP contribution is -2.26. The van der Waals surface area contributed by atoms with E-state index in [2.05, 4.69) is 10.3 Å². The lowest BCUT2D eigenvalue weighted by Gasteiger charge is -1.85. The average Bonchev–Trinajstić information content (AvgIpc) is 2.12. The first-order valence-electron chi connectivity index (χ1n) is 2.63. The average molecular weight is 183 g/mol. The predicted octanol–water partition coefficient (Wildman–Crippen LogP) is -1.75. The van der Waals surface area contributed by atoms with Crippen molar-refractivity contribution in [3.63, 3.8) is 0 Å². The predicted molar refractivity (Wildman–Crippen MR) is 38.7 cm³/mol. The first kappa shape index (κ1) is 10.1. The highest BCUT2D eigenvalue weighted by Crippen LogP contribution is 1.74. The second-order valence-corrected chi connectivity index (χ2v) is 2.54. The number of aliphatic imine (C=N–C) groups is 1. The Morgan fingerprint density at radius 1 is 1.55 bits per heavy atom. The smallest absolute Gasteiger partial charge is 0.370 e. The Morgan fingerprint density at radius 2 is 2.00 bits per heavy atom. The van der Waals surface area contributed by atoms with Gasteiger partial charge < -0.3 is 11.1 Å². The third-order valence-electron chi connectivity index (χ3n) is 0.700. The van der Waals surface area contributed by atoms with Crippen LogP contribution in [0.5, 0.6) is 0 Å². The van der Waals surface area contributed by atoms with E-state index in [4.69, 9.17) is 23.3 Å². The molecule has 7 nitrogen and oxygen atoms in total. The largest absolute Gasteiger partial charge is 0.394 e. The summed E-state index contributed by atoms with van der Waals surface area (Å²) in [5, 5.41) is 2.85. The molecule has 0 radical (unpaired) electrons. The topological polar surface area (TPSA) is 125 Å². The molecular formula is C3H9N3O4S. The van der Waals surface area contributed by atoms with Gasteiger partial charge in [0, 0.05) is 6.54 Å². The van der Waals surface area contributed by atoms with Gasteiger partial charge in [0.2, 0.25) is 0 Å². The zero-order valence-electron chi connectivity index (χ0n) is 5.56. The molecule has 0 amide bonds. The van der Waals surface area contributed by atoms with Crippen LogP contribution in [0.2, 0.25) is 0 Å². The fourth-order valence-electron chi connectivity index (χ4n) is 0.416. The first-order valence-corrected chi connectivity index (χ1v) is 4.03. The normalized spacial score (nSPS) is 16.0. The highest BCUT2D eigenvalue weighted by molar-refractivity contribution is 7.79. The molecular weight excluding hydrogens is 174 g/mol. The molecule has 0 atom stereocenters. The van der Waals surface area contributed by atoms with Gasteiger partial charge in [-0.2, -0.15) is 8.42 Å². The second kappa shape index (κ2) is 4.11. The van der Waals surface area contributed by atoms with Gasteiger partial charge in [-0.25, -0.2) is 0 Å². The fourth-order valence-corrected chi connectivity index (χ4v) is 0.416. The summed E-state index contributed by atoms with van der Waals surface area (Å²) < 4.78 is 31.6. The Hall–Kier alpha value is -0.860. The maximum absolute atomic E-state index is 8.74. The summed E-state index contributed by atoms with van der Waals surface area (Å²) in [4.78, 5) is 3.82. The van der Waals surface area contributed by atoms with Crippen molar-refractivity contribution in [1.29, 1.82) is 0 Å². The maximum Gasteiger partial charge on any atom is 0.394 e. The molecule has 5 N–H and O–H groups in total. The number of nitrogens with two attached hydrogens (primary N) is 1. The van der Waals surface area contributed by atoms with Crippen LogP contribution in [0.4, 0.5) is 0 Å². The lowest BCUT2D eigenvalue weighted by molar-refractivity contribution is 0.381. The van der Waals surface area contributed by atoms with Crippen LogP contribution in [0, 0.1) is 0 Å². The molecule has 0 aromatic rings. The fraction of sp³-hybridized carbons (Fsp3) is 0.667. The van der Waals surface area contributed by atoms with Crippen LogP contribution in [0.1, 0.15) is 0 Å². The molecule has 0 aliphatic carbocycles. The minimum Gasteiger partial charge on any atom is -0.370 e. The molecule has 0 saturated heterocycles. The Kier molecular flexibility index (Phi) is 3.79. The molecule has 66 valence electrons. The van der Waals surface area contributed by atoms with Crippen LogP contribution in [-0.2, 0) is 10.4 Å². The van der Waals surface area contributed by atoms with Crippen LogP contribution in [0.25, 0.3) is 0 Å². The van der Waals surface area contributed by atoms with Crippen LogP contribution >= 0.6 is 0 Å². The van der Waals surface area contributed by atoms with Gasteiger partial charge in [0.25, 0.3) is 0 Å². The van der Waals surface area contributed by atoms with Crippen molar-refractivity contribution in [2.75, 3.05) is 13.1 Å². The van der Waals surface area contributed by atoms with Gasteiger partial charge >= 0.3 is 10.4 Å². The molecule has 1 aliphatic rings. The summed E-state index contributed by atoms with van der Waals surface area (Å²) in [6, 6.07) is 0. The van der Waals surface area contributed by atoms with E-state index in [1.807, 2.05) is 0 Å². The Labute approximate surface area is 63.9 Å². The van der Waals surface area contributed by atoms with Gasteiger partial charge in [-0.1, -0.05) is 0 Å². The summed E-state index contributed by atoms with van der Waals surface area (Å²) >= 11 is 0. The SMILES string of the molecule is NC1=NCCN1.O=S(=O)(O)O. The van der Waals surface area contributed by atoms with E-state index in [0.717, 1.165) is 13.1 Å². The third-order valence-corrected chi connectivity index (χ3v) is 0.700. The molecule has 11 heavy (non-hydrogen) atoms. The van der Waals surface area contributed by atoms with Crippen molar-refractivity contribution in [2.45, 2.75) is 0 Å². The molecule has 0 aromatic carbocycles. The molecule has 0 aromatic heterocycles.